The number of hydrogen-bond donors (Lipinski definition) is 2. The summed E-state index contributed by atoms with van der Waals surface area (Å²) >= 11 is 1.37. The van der Waals surface area contributed by atoms with Gasteiger partial charge >= 0.3 is 0 Å². The van der Waals surface area contributed by atoms with Gasteiger partial charge in [-0.3, -0.25) is 9.62 Å². The summed E-state index contributed by atoms with van der Waals surface area (Å²) in [5.74, 6) is -2.83. The summed E-state index contributed by atoms with van der Waals surface area (Å²) in [6.07, 6.45) is 6.96. The molecule has 1 spiro atoms. The SMILES string of the molecule is O=S1(=O)CC2(CC(Nc3nccc(-c4sc(N5C6CCC5CN(C5CCOCC5)C6)nc4-c4cccc(NS(=O)(=O)c5c(F)cccc5F)c4F)n3)C2)C1. The molecule has 286 valence electrons. The van der Waals surface area contributed by atoms with Crippen molar-refractivity contribution in [3.8, 4) is 21.8 Å². The Labute approximate surface area is 315 Å². The molecule has 1 saturated carbocycles. The molecule has 2 unspecified atom stereocenters. The highest BCUT2D eigenvalue weighted by Gasteiger charge is 2.56. The van der Waals surface area contributed by atoms with E-state index in [2.05, 4.69) is 20.1 Å². The number of piperazine rings is 1. The Kier molecular flexibility index (Phi) is 8.91. The number of benzene rings is 2. The quantitative estimate of drug-likeness (QED) is 0.227. The van der Waals surface area contributed by atoms with Crippen molar-refractivity contribution in [1.29, 1.82) is 0 Å². The van der Waals surface area contributed by atoms with Gasteiger partial charge in [0.1, 0.15) is 11.6 Å². The monoisotopic (exact) mass is 801 g/mol. The number of likely N-dealkylation sites (tertiary alicyclic amines) is 1. The first-order chi connectivity index (χ1) is 25.9. The van der Waals surface area contributed by atoms with Gasteiger partial charge in [0.2, 0.25) is 5.95 Å². The van der Waals surface area contributed by atoms with Crippen LogP contribution in [0.25, 0.3) is 21.8 Å². The van der Waals surface area contributed by atoms with Crippen molar-refractivity contribution in [1.82, 2.24) is 19.9 Å². The predicted octanol–water partition coefficient (Wildman–Crippen LogP) is 5.31. The minimum Gasteiger partial charge on any atom is -0.381 e. The van der Waals surface area contributed by atoms with Crippen LogP contribution in [0.1, 0.15) is 38.5 Å². The van der Waals surface area contributed by atoms with Crippen LogP contribution in [0.15, 0.2) is 53.6 Å². The Hall–Kier alpha value is -3.84. The standard InChI is InChI=1S/C36H38F3N7O5S3/c37-26-4-2-5-27(38)33(26)54(49,50)44-28-6-1-3-25(30(28)39)31-32(29-9-12-40-34(42-29)41-21-15-36(16-21)19-53(47,48)20-36)52-35(43-31)46-23-7-8-24(46)18-45(17-23)22-10-13-51-14-11-22/h1-6,9,12,21-24,44H,7-8,10-11,13-20H2,(H,40,41,42). The molecule has 4 aliphatic heterocycles. The molecule has 54 heavy (non-hydrogen) atoms. The molecule has 2 bridgehead atoms. The Balaban J connectivity index is 1.06. The second-order valence-corrected chi connectivity index (χ2v) is 19.8. The van der Waals surface area contributed by atoms with Gasteiger partial charge in [0.25, 0.3) is 10.0 Å². The van der Waals surface area contributed by atoms with Gasteiger partial charge in [-0.2, -0.15) is 0 Å². The first kappa shape index (κ1) is 35.8. The van der Waals surface area contributed by atoms with E-state index in [1.807, 2.05) is 4.72 Å². The number of sulfonamides is 1. The number of fused-ring (bicyclic) bond motifs is 2. The maximum atomic E-state index is 16.6. The van der Waals surface area contributed by atoms with Crippen LogP contribution in [0.4, 0.5) is 29.9 Å². The van der Waals surface area contributed by atoms with E-state index in [9.17, 15) is 25.6 Å². The second-order valence-electron chi connectivity index (χ2n) is 15.1. The summed E-state index contributed by atoms with van der Waals surface area (Å²) in [4.78, 5) is 18.5. The minimum absolute atomic E-state index is 0.0105. The average Bonchev–Trinajstić information content (AvgIpc) is 3.65. The summed E-state index contributed by atoms with van der Waals surface area (Å²) in [6, 6.07) is 9.37. The van der Waals surface area contributed by atoms with Gasteiger partial charge in [0, 0.05) is 67.6 Å². The third-order valence-electron chi connectivity index (χ3n) is 11.4. The minimum atomic E-state index is -4.86. The van der Waals surface area contributed by atoms with Crippen molar-refractivity contribution in [2.45, 2.75) is 67.6 Å². The lowest BCUT2D eigenvalue weighted by molar-refractivity contribution is 0.0262. The van der Waals surface area contributed by atoms with Crippen LogP contribution < -0.4 is 14.9 Å². The molecule has 2 aromatic heterocycles. The van der Waals surface area contributed by atoms with Crippen LogP contribution >= 0.6 is 11.3 Å². The molecule has 1 aliphatic carbocycles. The molecule has 5 fully saturated rings. The zero-order chi connectivity index (χ0) is 37.4. The number of nitrogens with zero attached hydrogens (tertiary/aromatic N) is 5. The molecule has 18 heteroatoms. The van der Waals surface area contributed by atoms with E-state index in [0.29, 0.717) is 40.5 Å². The van der Waals surface area contributed by atoms with Gasteiger partial charge < -0.3 is 15.0 Å². The maximum absolute atomic E-state index is 16.6. The number of nitrogens with one attached hydrogen (secondary N) is 2. The highest BCUT2D eigenvalue weighted by atomic mass is 32.2. The molecule has 4 saturated heterocycles. The van der Waals surface area contributed by atoms with E-state index in [1.165, 1.54) is 29.5 Å². The van der Waals surface area contributed by atoms with Crippen molar-refractivity contribution in [3.63, 3.8) is 0 Å². The molecule has 9 rings (SSSR count). The summed E-state index contributed by atoms with van der Waals surface area (Å²) in [5.41, 5.74) is 0.0182. The van der Waals surface area contributed by atoms with Gasteiger partial charge in [0.05, 0.1) is 33.5 Å². The Morgan fingerprint density at radius 1 is 0.889 bits per heavy atom. The van der Waals surface area contributed by atoms with E-state index < -0.39 is 47.9 Å². The van der Waals surface area contributed by atoms with Gasteiger partial charge in [0.15, 0.2) is 25.7 Å². The van der Waals surface area contributed by atoms with Crippen LogP contribution in [-0.4, -0.2) is 98.7 Å². The van der Waals surface area contributed by atoms with Gasteiger partial charge in [-0.25, -0.2) is 45.0 Å². The zero-order valence-electron chi connectivity index (χ0n) is 29.0. The normalized spacial score (nSPS) is 23.9. The fourth-order valence-electron chi connectivity index (χ4n) is 9.05. The van der Waals surface area contributed by atoms with Crippen LogP contribution in [0.2, 0.25) is 0 Å². The van der Waals surface area contributed by atoms with Crippen LogP contribution in [0.5, 0.6) is 0 Å². The summed E-state index contributed by atoms with van der Waals surface area (Å²) < 4.78 is 103. The number of rotatable bonds is 9. The number of aromatic nitrogens is 3. The van der Waals surface area contributed by atoms with Crippen molar-refractivity contribution < 1.29 is 34.7 Å². The lowest BCUT2D eigenvalue weighted by Crippen LogP contribution is -2.60. The first-order valence-corrected chi connectivity index (χ1v) is 22.2. The third kappa shape index (κ3) is 6.52. The molecule has 6 heterocycles. The highest BCUT2D eigenvalue weighted by Crippen LogP contribution is 2.51. The molecule has 12 nitrogen and oxygen atoms in total. The summed E-state index contributed by atoms with van der Waals surface area (Å²) in [5, 5.41) is 4.02. The third-order valence-corrected chi connectivity index (χ3v) is 16.0. The maximum Gasteiger partial charge on any atom is 0.267 e. The van der Waals surface area contributed by atoms with E-state index in [4.69, 9.17) is 14.7 Å². The molecule has 2 atom stereocenters. The number of halogens is 3. The number of thiazole rings is 1. The summed E-state index contributed by atoms with van der Waals surface area (Å²) in [7, 11) is -7.81. The van der Waals surface area contributed by atoms with E-state index in [1.54, 1.807) is 12.3 Å². The molecular weight excluding hydrogens is 764 g/mol. The average molecular weight is 802 g/mol. The van der Waals surface area contributed by atoms with Crippen molar-refractivity contribution >= 4 is 48.0 Å². The van der Waals surface area contributed by atoms with E-state index in [0.717, 1.165) is 70.2 Å². The zero-order valence-corrected chi connectivity index (χ0v) is 31.5. The first-order valence-electron chi connectivity index (χ1n) is 18.0. The van der Waals surface area contributed by atoms with Gasteiger partial charge in [-0.05, 0) is 68.9 Å². The molecule has 0 radical (unpaired) electrons. The molecule has 2 N–H and O–H groups in total. The van der Waals surface area contributed by atoms with E-state index in [-0.39, 0.29) is 46.3 Å². The fourth-order valence-corrected chi connectivity index (χ4v) is 13.7. The molecular formula is C36H38F3N7O5S3. The van der Waals surface area contributed by atoms with Crippen LogP contribution in [-0.2, 0) is 24.6 Å². The lowest BCUT2D eigenvalue weighted by atomic mass is 9.67. The Morgan fingerprint density at radius 2 is 1.57 bits per heavy atom. The van der Waals surface area contributed by atoms with Crippen LogP contribution in [0.3, 0.4) is 0 Å². The van der Waals surface area contributed by atoms with Crippen LogP contribution in [0, 0.1) is 22.9 Å². The Bertz CT molecular complexity index is 2290. The largest absolute Gasteiger partial charge is 0.381 e. The predicted molar refractivity (Wildman–Crippen MR) is 198 cm³/mol. The van der Waals surface area contributed by atoms with Crippen molar-refractivity contribution in [2.75, 3.05) is 52.7 Å². The number of sulfone groups is 1. The molecule has 0 amide bonds. The second kappa shape index (κ2) is 13.4. The molecule has 5 aliphatic rings. The molecule has 2 aromatic carbocycles. The van der Waals surface area contributed by atoms with Gasteiger partial charge in [-0.15, -0.1) is 0 Å². The van der Waals surface area contributed by atoms with Crippen molar-refractivity contribution in [2.24, 2.45) is 5.41 Å². The number of anilines is 3. The number of ether oxygens (including phenoxy) is 1. The summed E-state index contributed by atoms with van der Waals surface area (Å²) in [6.45, 7) is 3.26. The van der Waals surface area contributed by atoms with Gasteiger partial charge in [-0.1, -0.05) is 23.5 Å². The smallest absolute Gasteiger partial charge is 0.267 e. The topological polar surface area (TPSA) is 147 Å². The lowest BCUT2D eigenvalue weighted by Gasteiger charge is -2.53. The fraction of sp³-hybridized carbons (Fsp3) is 0.472. The Morgan fingerprint density at radius 3 is 2.26 bits per heavy atom. The van der Waals surface area contributed by atoms with Crippen molar-refractivity contribution in [3.05, 3.63) is 66.1 Å². The number of hydrogen-bond acceptors (Lipinski definition) is 12. The molecule has 4 aromatic rings. The van der Waals surface area contributed by atoms with E-state index >= 15 is 4.39 Å². The highest BCUT2D eigenvalue weighted by molar-refractivity contribution is 7.93.